The largest absolute Gasteiger partial charge is 0.508 e. The Bertz CT molecular complexity index is 2750. The Hall–Kier alpha value is -9.10. The van der Waals surface area contributed by atoms with Crippen molar-refractivity contribution in [2.75, 3.05) is 58.3 Å². The number of carbonyl (C=O) groups is 7. The van der Waals surface area contributed by atoms with Gasteiger partial charge in [-0.25, -0.2) is 4.79 Å². The maximum atomic E-state index is 14.0. The summed E-state index contributed by atoms with van der Waals surface area (Å²) in [5, 5.41) is 56.5. The third-order valence-electron chi connectivity index (χ3n) is 10.9. The van der Waals surface area contributed by atoms with Crippen molar-refractivity contribution in [3.8, 4) is 5.75 Å². The van der Waals surface area contributed by atoms with Gasteiger partial charge in [0.1, 0.15) is 35.0 Å². The molecule has 0 fully saturated rings. The average molecular weight is 1040 g/mol. The Morgan fingerprint density at radius 1 is 0.627 bits per heavy atom. The lowest BCUT2D eigenvalue weighted by atomic mass is 10.0. The minimum Gasteiger partial charge on any atom is -0.508 e. The van der Waals surface area contributed by atoms with Crippen molar-refractivity contribution in [3.63, 3.8) is 0 Å². The Labute approximate surface area is 432 Å². The van der Waals surface area contributed by atoms with Crippen molar-refractivity contribution in [1.29, 1.82) is 10.8 Å². The molecule has 1 heterocycles. The Balaban J connectivity index is 1.30. The summed E-state index contributed by atoms with van der Waals surface area (Å²) in [5.74, 6) is -6.06. The van der Waals surface area contributed by atoms with Gasteiger partial charge in [-0.3, -0.25) is 44.4 Å². The number of nitrogens with zero attached hydrogens (tertiary/aromatic N) is 3. The summed E-state index contributed by atoms with van der Waals surface area (Å²) in [4.78, 5) is 108. The van der Waals surface area contributed by atoms with Gasteiger partial charge in [-0.1, -0.05) is 13.8 Å². The predicted octanol–water partition coefficient (Wildman–Crippen LogP) is 0.399. The van der Waals surface area contributed by atoms with Gasteiger partial charge in [-0.15, -0.1) is 0 Å². The summed E-state index contributed by atoms with van der Waals surface area (Å²) in [6.45, 7) is 2.93. The molecule has 0 bridgehead atoms. The number of nitrogens with two attached hydrogens (primary N) is 2. The molecule has 4 aromatic rings. The second kappa shape index (κ2) is 29.4. The number of anilines is 1. The molecule has 1 aromatic heterocycles. The highest BCUT2D eigenvalue weighted by atomic mass is 16.4. The van der Waals surface area contributed by atoms with Crippen LogP contribution in [0.25, 0.3) is 11.0 Å². The Kier molecular flexibility index (Phi) is 22.9. The number of amides is 7. The van der Waals surface area contributed by atoms with Crippen LogP contribution in [0.5, 0.6) is 5.75 Å². The number of azo groups is 1. The molecule has 0 aliphatic rings. The summed E-state index contributed by atoms with van der Waals surface area (Å²) in [6.07, 6.45) is 0.419. The fraction of sp³-hybridized carbons (Fsp3) is 0.388. The van der Waals surface area contributed by atoms with Crippen molar-refractivity contribution in [3.05, 3.63) is 94.3 Å². The standard InChI is InChI=1S/C49H66N16O10/c1-28(2)23-38(62-45(72)37(8-6-20-57-49(52)53)60-43(70)35-24-30-11-18-34(66)25-39(30)75-47(35)74)46(73)61-36(7-5-19-56-48(50)51)44(71)59-27-41(68)58-26-40(67)54-21-22-55-42(69)29-9-12-31(13-10-29)63-64-32-14-16-33(17-15-32)65(3)4/h9-18,24-25,28,36-38,66H,5-8,19-23,26-27H2,1-4H3,(H,54,67)(H,55,69)(H,58,68)(H,59,71)(H,60,70)(H,61,73)(H,62,72)(H4,50,51,56)(H4,52,53,57)/b64-63+. The van der Waals surface area contributed by atoms with E-state index >= 15 is 0 Å². The summed E-state index contributed by atoms with van der Waals surface area (Å²) >= 11 is 0. The van der Waals surface area contributed by atoms with Crippen LogP contribution in [-0.2, 0) is 24.0 Å². The van der Waals surface area contributed by atoms with E-state index in [1.807, 2.05) is 43.3 Å². The van der Waals surface area contributed by atoms with E-state index in [9.17, 15) is 43.5 Å². The van der Waals surface area contributed by atoms with Crippen LogP contribution < -0.4 is 69.8 Å². The highest BCUT2D eigenvalue weighted by Crippen LogP contribution is 2.22. The van der Waals surface area contributed by atoms with E-state index in [4.69, 9.17) is 26.7 Å². The van der Waals surface area contributed by atoms with Crippen molar-refractivity contribution in [2.24, 2.45) is 27.6 Å². The van der Waals surface area contributed by atoms with Gasteiger partial charge in [0.25, 0.3) is 11.8 Å². The van der Waals surface area contributed by atoms with Crippen molar-refractivity contribution < 1.29 is 43.1 Å². The van der Waals surface area contributed by atoms with Gasteiger partial charge in [-0.2, -0.15) is 10.2 Å². The van der Waals surface area contributed by atoms with E-state index in [1.54, 1.807) is 38.1 Å². The van der Waals surface area contributed by atoms with Crippen molar-refractivity contribution in [1.82, 2.24) is 47.9 Å². The summed E-state index contributed by atoms with van der Waals surface area (Å²) < 4.78 is 5.22. The first kappa shape index (κ1) is 58.5. The first-order chi connectivity index (χ1) is 35.7. The van der Waals surface area contributed by atoms with Crippen LogP contribution in [0, 0.1) is 16.7 Å². The van der Waals surface area contributed by atoms with Crippen LogP contribution >= 0.6 is 0 Å². The predicted molar refractivity (Wildman–Crippen MR) is 280 cm³/mol. The summed E-state index contributed by atoms with van der Waals surface area (Å²) in [6, 6.07) is 15.3. The van der Waals surface area contributed by atoms with Gasteiger partial charge < -0.3 is 73.7 Å². The number of phenols is 1. The van der Waals surface area contributed by atoms with Gasteiger partial charge in [0.2, 0.25) is 29.5 Å². The molecule has 3 atom stereocenters. The van der Waals surface area contributed by atoms with Crippen molar-refractivity contribution >= 4 is 81.3 Å². The molecule has 0 saturated carbocycles. The topological polar surface area (TPSA) is 406 Å². The Morgan fingerprint density at radius 2 is 1.16 bits per heavy atom. The highest BCUT2D eigenvalue weighted by Gasteiger charge is 2.31. The third-order valence-corrected chi connectivity index (χ3v) is 10.9. The molecule has 0 radical (unpaired) electrons. The number of benzene rings is 3. The number of carbonyl (C=O) groups excluding carboxylic acids is 7. The highest BCUT2D eigenvalue weighted by molar-refractivity contribution is 6.00. The molecule has 0 aliphatic heterocycles. The summed E-state index contributed by atoms with van der Waals surface area (Å²) in [5.41, 5.74) is 12.0. The minimum absolute atomic E-state index is 0.0130. The second-order valence-electron chi connectivity index (χ2n) is 17.7. The fourth-order valence-electron chi connectivity index (χ4n) is 7.02. The second-order valence-corrected chi connectivity index (χ2v) is 17.7. The van der Waals surface area contributed by atoms with E-state index in [2.05, 4.69) is 58.1 Å². The molecular weight excluding hydrogens is 973 g/mol. The molecule has 0 aliphatic carbocycles. The Morgan fingerprint density at radius 3 is 1.75 bits per heavy atom. The molecule has 0 spiro atoms. The number of aromatic hydroxyl groups is 1. The quantitative estimate of drug-likeness (QED) is 0.0120. The van der Waals surface area contributed by atoms with Crippen LogP contribution in [0.4, 0.5) is 17.1 Å². The fourth-order valence-corrected chi connectivity index (χ4v) is 7.02. The zero-order chi connectivity index (χ0) is 55.0. The molecule has 3 unspecified atom stereocenters. The monoisotopic (exact) mass is 1040 g/mol. The van der Waals surface area contributed by atoms with Crippen LogP contribution in [0.3, 0.4) is 0 Å². The maximum Gasteiger partial charge on any atom is 0.349 e. The van der Waals surface area contributed by atoms with Crippen LogP contribution in [-0.4, -0.2) is 130 Å². The molecule has 26 nitrogen and oxygen atoms in total. The number of nitrogens with one attached hydrogen (secondary N) is 11. The SMILES string of the molecule is CC(C)CC(NC(=O)C(CCCNC(=N)N)NC(=O)c1cc2ccc(O)cc2oc1=O)C(=O)NC(CCCNC(=N)N)C(=O)NCC(=O)NCC(=O)NCCNC(=O)c1ccc(/N=N/c2ccc(N(C)C)cc2)cc1. The number of rotatable bonds is 28. The van der Waals surface area contributed by atoms with E-state index in [1.165, 1.54) is 24.3 Å². The van der Waals surface area contributed by atoms with Crippen LogP contribution in [0.15, 0.2) is 92.2 Å². The molecule has 26 heteroatoms. The van der Waals surface area contributed by atoms with Gasteiger partial charge in [-0.05, 0) is 105 Å². The molecule has 0 saturated heterocycles. The lowest BCUT2D eigenvalue weighted by Crippen LogP contribution is -2.57. The third kappa shape index (κ3) is 20.5. The zero-order valence-electron chi connectivity index (χ0n) is 42.1. The molecular formula is C49H66N16O10. The van der Waals surface area contributed by atoms with Crippen LogP contribution in [0.2, 0.25) is 0 Å². The molecule has 75 heavy (non-hydrogen) atoms. The lowest BCUT2D eigenvalue weighted by Gasteiger charge is -2.26. The molecule has 7 amide bonds. The number of hydrogen-bond donors (Lipinski definition) is 14. The molecule has 402 valence electrons. The minimum atomic E-state index is -1.33. The van der Waals surface area contributed by atoms with Crippen molar-refractivity contribution in [2.45, 2.75) is 64.1 Å². The lowest BCUT2D eigenvalue weighted by molar-refractivity contribution is -0.133. The maximum absolute atomic E-state index is 14.0. The van der Waals surface area contributed by atoms with E-state index < -0.39 is 77.8 Å². The summed E-state index contributed by atoms with van der Waals surface area (Å²) in [7, 11) is 3.88. The molecule has 3 aromatic carbocycles. The van der Waals surface area contributed by atoms with E-state index in [-0.39, 0.29) is 93.4 Å². The average Bonchev–Trinajstić information content (AvgIpc) is 3.36. The van der Waals surface area contributed by atoms with E-state index in [0.29, 0.717) is 22.3 Å². The smallest absolute Gasteiger partial charge is 0.349 e. The number of guanidine groups is 2. The number of phenolic OH excluding ortho intramolecular Hbond substituents is 1. The van der Waals surface area contributed by atoms with Crippen LogP contribution in [0.1, 0.15) is 66.7 Å². The van der Waals surface area contributed by atoms with Gasteiger partial charge in [0.05, 0.1) is 24.5 Å². The van der Waals surface area contributed by atoms with Gasteiger partial charge in [0, 0.05) is 63.0 Å². The number of hydrogen-bond acceptors (Lipinski definition) is 15. The normalized spacial score (nSPS) is 12.1. The zero-order valence-corrected chi connectivity index (χ0v) is 42.1. The van der Waals surface area contributed by atoms with E-state index in [0.717, 1.165) is 5.69 Å². The number of fused-ring (bicyclic) bond motifs is 1. The molecule has 4 rings (SSSR count). The van der Waals surface area contributed by atoms with Gasteiger partial charge in [0.15, 0.2) is 11.9 Å². The van der Waals surface area contributed by atoms with Gasteiger partial charge >= 0.3 is 5.63 Å². The molecule has 16 N–H and O–H groups in total. The first-order valence-corrected chi connectivity index (χ1v) is 23.9. The first-order valence-electron chi connectivity index (χ1n) is 23.9.